The summed E-state index contributed by atoms with van der Waals surface area (Å²) in [6.45, 7) is 6.13. The van der Waals surface area contributed by atoms with E-state index >= 15 is 0 Å². The average Bonchev–Trinajstić information content (AvgIpc) is 2.69. The second kappa shape index (κ2) is 20.2. The van der Waals surface area contributed by atoms with Crippen LogP contribution in [0.1, 0.15) is 91.4 Å². The monoisotopic (exact) mass is 417 g/mol. The quantitative estimate of drug-likeness (QED) is 0.191. The summed E-state index contributed by atoms with van der Waals surface area (Å²) in [4.78, 5) is 23.0. The van der Waals surface area contributed by atoms with Gasteiger partial charge in [0.15, 0.2) is 0 Å². The molecule has 0 saturated carbocycles. The minimum Gasteiger partial charge on any atom is -0.480 e. The Morgan fingerprint density at radius 3 is 1.77 bits per heavy atom. The molecule has 0 aromatic carbocycles. The third-order valence-electron chi connectivity index (χ3n) is 4.57. The van der Waals surface area contributed by atoms with Gasteiger partial charge >= 0.3 is 5.97 Å². The molecule has 0 saturated heterocycles. The third-order valence-corrected chi connectivity index (χ3v) is 4.57. The molecule has 0 aliphatic rings. The Hall–Kier alpha value is -2.10. The maximum absolute atomic E-state index is 11.9. The first-order valence-electron chi connectivity index (χ1n) is 11.6. The van der Waals surface area contributed by atoms with Crippen molar-refractivity contribution in [2.45, 2.75) is 97.4 Å². The van der Waals surface area contributed by atoms with Gasteiger partial charge in [0.1, 0.15) is 6.04 Å². The van der Waals surface area contributed by atoms with Crippen LogP contribution >= 0.6 is 0 Å². The van der Waals surface area contributed by atoms with Crippen molar-refractivity contribution in [1.29, 1.82) is 0 Å². The van der Waals surface area contributed by atoms with E-state index in [-0.39, 0.29) is 11.8 Å². The number of carboxylic acid groups (broad SMARTS) is 1. The molecule has 0 aliphatic heterocycles. The zero-order valence-electron chi connectivity index (χ0n) is 19.3. The zero-order chi connectivity index (χ0) is 22.5. The van der Waals surface area contributed by atoms with Gasteiger partial charge in [-0.25, -0.2) is 4.79 Å². The lowest BCUT2D eigenvalue weighted by Gasteiger charge is -2.16. The molecule has 170 valence electrons. The number of nitrogens with one attached hydrogen (secondary N) is 1. The van der Waals surface area contributed by atoms with Crippen LogP contribution in [-0.4, -0.2) is 23.0 Å². The van der Waals surface area contributed by atoms with Crippen molar-refractivity contribution < 1.29 is 14.7 Å². The van der Waals surface area contributed by atoms with Crippen molar-refractivity contribution in [1.82, 2.24) is 5.32 Å². The smallest absolute Gasteiger partial charge is 0.326 e. The molecule has 0 rings (SSSR count). The Kier molecular flexibility index (Phi) is 18.8. The number of carbonyl (C=O) groups excluding carboxylic acids is 1. The van der Waals surface area contributed by atoms with E-state index < -0.39 is 12.0 Å². The van der Waals surface area contributed by atoms with Crippen molar-refractivity contribution in [2.75, 3.05) is 0 Å². The van der Waals surface area contributed by atoms with Crippen LogP contribution in [0.5, 0.6) is 0 Å². The first-order valence-corrected chi connectivity index (χ1v) is 11.6. The highest BCUT2D eigenvalue weighted by molar-refractivity contribution is 5.83. The van der Waals surface area contributed by atoms with Gasteiger partial charge in [-0.2, -0.15) is 0 Å². The Labute approximate surface area is 184 Å². The summed E-state index contributed by atoms with van der Waals surface area (Å²) < 4.78 is 0. The lowest BCUT2D eigenvalue weighted by molar-refractivity contribution is -0.142. The Morgan fingerprint density at radius 1 is 0.800 bits per heavy atom. The number of hydrogen-bond donors (Lipinski definition) is 2. The summed E-state index contributed by atoms with van der Waals surface area (Å²) in [5.41, 5.74) is 0. The second-order valence-corrected chi connectivity index (χ2v) is 8.07. The van der Waals surface area contributed by atoms with Gasteiger partial charge in [0, 0.05) is 6.42 Å². The van der Waals surface area contributed by atoms with Crippen LogP contribution < -0.4 is 5.32 Å². The summed E-state index contributed by atoms with van der Waals surface area (Å²) in [5, 5.41) is 11.8. The highest BCUT2D eigenvalue weighted by Crippen LogP contribution is 2.06. The molecule has 0 radical (unpaired) electrons. The predicted octanol–water partition coefficient (Wildman–Crippen LogP) is 6.75. The van der Waals surface area contributed by atoms with Crippen molar-refractivity contribution in [3.63, 3.8) is 0 Å². The van der Waals surface area contributed by atoms with Crippen LogP contribution in [0.4, 0.5) is 0 Å². The number of carboxylic acids is 1. The molecule has 0 aliphatic carbocycles. The molecule has 0 unspecified atom stereocenters. The number of allylic oxidation sites excluding steroid dienone is 8. The van der Waals surface area contributed by atoms with Crippen LogP contribution in [0.15, 0.2) is 48.6 Å². The Morgan fingerprint density at radius 2 is 1.30 bits per heavy atom. The Balaban J connectivity index is 3.73. The fourth-order valence-electron chi connectivity index (χ4n) is 2.90. The van der Waals surface area contributed by atoms with E-state index in [0.29, 0.717) is 12.8 Å². The summed E-state index contributed by atoms with van der Waals surface area (Å²) in [6, 6.07) is -0.783. The summed E-state index contributed by atoms with van der Waals surface area (Å²) in [6.07, 6.45) is 27.8. The molecule has 4 heteroatoms. The number of aliphatic carboxylic acids is 1. The minimum atomic E-state index is -0.961. The average molecular weight is 418 g/mol. The van der Waals surface area contributed by atoms with Crippen molar-refractivity contribution in [3.8, 4) is 0 Å². The largest absolute Gasteiger partial charge is 0.480 e. The third kappa shape index (κ3) is 19.2. The highest BCUT2D eigenvalue weighted by atomic mass is 16.4. The number of rotatable bonds is 18. The molecule has 1 amide bonds. The maximum Gasteiger partial charge on any atom is 0.326 e. The number of amides is 1. The van der Waals surface area contributed by atoms with Gasteiger partial charge in [0.05, 0.1) is 0 Å². The first kappa shape index (κ1) is 27.9. The van der Waals surface area contributed by atoms with E-state index in [9.17, 15) is 9.59 Å². The molecule has 0 aromatic heterocycles. The highest BCUT2D eigenvalue weighted by Gasteiger charge is 2.20. The Bertz CT molecular complexity index is 559. The normalized spacial score (nSPS) is 13.3. The molecular formula is C26H43NO3. The lowest BCUT2D eigenvalue weighted by Crippen LogP contribution is -2.41. The zero-order valence-corrected chi connectivity index (χ0v) is 19.3. The molecule has 2 N–H and O–H groups in total. The van der Waals surface area contributed by atoms with E-state index in [0.717, 1.165) is 32.1 Å². The van der Waals surface area contributed by atoms with Gasteiger partial charge < -0.3 is 10.4 Å². The molecule has 1 atom stereocenters. The SMILES string of the molecule is CCCCCC=CCC=CCC=CCC=CCCCC(=O)N[C@@H](CC(C)C)C(=O)O. The van der Waals surface area contributed by atoms with Crippen LogP contribution in [0.25, 0.3) is 0 Å². The lowest BCUT2D eigenvalue weighted by atomic mass is 10.0. The molecule has 0 bridgehead atoms. The van der Waals surface area contributed by atoms with E-state index in [1.54, 1.807) is 0 Å². The van der Waals surface area contributed by atoms with Crippen LogP contribution in [0.2, 0.25) is 0 Å². The number of unbranched alkanes of at least 4 members (excludes halogenated alkanes) is 4. The molecule has 0 heterocycles. The fourth-order valence-corrected chi connectivity index (χ4v) is 2.90. The topological polar surface area (TPSA) is 66.4 Å². The number of carbonyl (C=O) groups is 2. The van der Waals surface area contributed by atoms with Crippen LogP contribution in [-0.2, 0) is 9.59 Å². The van der Waals surface area contributed by atoms with Crippen molar-refractivity contribution >= 4 is 11.9 Å². The molecule has 0 fully saturated rings. The summed E-state index contributed by atoms with van der Waals surface area (Å²) in [5.74, 6) is -0.911. The molecular weight excluding hydrogens is 374 g/mol. The van der Waals surface area contributed by atoms with E-state index in [4.69, 9.17) is 5.11 Å². The van der Waals surface area contributed by atoms with Crippen molar-refractivity contribution in [2.24, 2.45) is 5.92 Å². The second-order valence-electron chi connectivity index (χ2n) is 8.07. The van der Waals surface area contributed by atoms with Gasteiger partial charge in [-0.1, -0.05) is 82.2 Å². The molecule has 30 heavy (non-hydrogen) atoms. The fraction of sp³-hybridized carbons (Fsp3) is 0.615. The number of hydrogen-bond acceptors (Lipinski definition) is 2. The minimum absolute atomic E-state index is 0.182. The van der Waals surface area contributed by atoms with Gasteiger partial charge in [0.2, 0.25) is 5.91 Å². The molecule has 0 aromatic rings. The molecule has 4 nitrogen and oxygen atoms in total. The van der Waals surface area contributed by atoms with Gasteiger partial charge in [-0.05, 0) is 57.3 Å². The van der Waals surface area contributed by atoms with Crippen LogP contribution in [0, 0.1) is 5.92 Å². The van der Waals surface area contributed by atoms with Gasteiger partial charge in [-0.15, -0.1) is 0 Å². The predicted molar refractivity (Wildman–Crippen MR) is 127 cm³/mol. The standard InChI is InChI=1S/C26H43NO3/c1-4-5-6-7-8-9-10-11-12-13-14-15-16-17-18-19-20-21-25(28)27-24(26(29)30)22-23(2)3/h8-9,11-12,14-15,17-18,23-24H,4-7,10,13,16,19-22H2,1-3H3,(H,27,28)(H,29,30)/t24-/m0/s1. The molecule has 0 spiro atoms. The van der Waals surface area contributed by atoms with E-state index in [1.165, 1.54) is 25.7 Å². The van der Waals surface area contributed by atoms with E-state index in [2.05, 4.69) is 60.8 Å². The summed E-state index contributed by atoms with van der Waals surface area (Å²) >= 11 is 0. The van der Waals surface area contributed by atoms with Gasteiger partial charge in [-0.3, -0.25) is 4.79 Å². The summed E-state index contributed by atoms with van der Waals surface area (Å²) in [7, 11) is 0. The maximum atomic E-state index is 11.9. The van der Waals surface area contributed by atoms with Crippen LogP contribution in [0.3, 0.4) is 0 Å². The van der Waals surface area contributed by atoms with Gasteiger partial charge in [0.25, 0.3) is 0 Å². The van der Waals surface area contributed by atoms with Crippen molar-refractivity contribution in [3.05, 3.63) is 48.6 Å². The first-order chi connectivity index (χ1) is 14.5. The van der Waals surface area contributed by atoms with E-state index in [1.807, 2.05) is 13.8 Å².